The summed E-state index contributed by atoms with van der Waals surface area (Å²) in [7, 11) is 0. The number of hydrogen-bond acceptors (Lipinski definition) is 4. The number of pyridine rings is 1. The van der Waals surface area contributed by atoms with Crippen LogP contribution in [0.25, 0.3) is 0 Å². The third-order valence-corrected chi connectivity index (χ3v) is 4.64. The van der Waals surface area contributed by atoms with E-state index in [1.165, 1.54) is 12.8 Å². The molecule has 1 aliphatic heterocycles. The molecule has 1 aliphatic carbocycles. The van der Waals surface area contributed by atoms with Gasteiger partial charge in [0.1, 0.15) is 12.2 Å². The van der Waals surface area contributed by atoms with Crippen LogP contribution in [0.15, 0.2) is 24.4 Å². The fourth-order valence-corrected chi connectivity index (χ4v) is 3.32. The van der Waals surface area contributed by atoms with Gasteiger partial charge in [-0.25, -0.2) is 4.98 Å². The number of carbonyl (C=O) groups is 2. The van der Waals surface area contributed by atoms with Crippen molar-refractivity contribution in [3.05, 3.63) is 24.4 Å². The smallest absolute Gasteiger partial charge is 0.232 e. The Morgan fingerprint density at radius 3 is 2.52 bits per heavy atom. The number of hydrogen-bond donors (Lipinski definition) is 1. The van der Waals surface area contributed by atoms with Crippen LogP contribution in [0.2, 0.25) is 0 Å². The summed E-state index contributed by atoms with van der Waals surface area (Å²) in [6, 6.07) is 6.11. The second-order valence-corrected chi connectivity index (χ2v) is 6.28. The zero-order valence-corrected chi connectivity index (χ0v) is 13.4. The van der Waals surface area contributed by atoms with Crippen molar-refractivity contribution in [1.29, 1.82) is 0 Å². The van der Waals surface area contributed by atoms with Crippen LogP contribution < -0.4 is 10.2 Å². The first-order valence-electron chi connectivity index (χ1n) is 8.45. The lowest BCUT2D eigenvalue weighted by Crippen LogP contribution is -2.50. The molecule has 1 saturated carbocycles. The van der Waals surface area contributed by atoms with Gasteiger partial charge in [-0.15, -0.1) is 0 Å². The molecule has 124 valence electrons. The quantitative estimate of drug-likeness (QED) is 0.847. The van der Waals surface area contributed by atoms with E-state index in [1.54, 1.807) is 11.1 Å². The molecule has 6 heteroatoms. The van der Waals surface area contributed by atoms with Crippen molar-refractivity contribution in [2.24, 2.45) is 0 Å². The summed E-state index contributed by atoms with van der Waals surface area (Å²) >= 11 is 0. The molecule has 0 radical (unpaired) electrons. The molecular weight excluding hydrogens is 292 g/mol. The molecule has 1 aromatic heterocycles. The molecule has 0 unspecified atom stereocenters. The van der Waals surface area contributed by atoms with Crippen molar-refractivity contribution < 1.29 is 9.59 Å². The zero-order valence-electron chi connectivity index (χ0n) is 13.4. The predicted octanol–water partition coefficient (Wildman–Crippen LogP) is 1.18. The number of amides is 2. The number of carbonyl (C=O) groups excluding carboxylic acids is 2. The highest BCUT2D eigenvalue weighted by molar-refractivity contribution is 5.97. The molecule has 23 heavy (non-hydrogen) atoms. The Morgan fingerprint density at radius 1 is 1.13 bits per heavy atom. The maximum absolute atomic E-state index is 12.3. The van der Waals surface area contributed by atoms with Crippen LogP contribution >= 0.6 is 0 Å². The topological polar surface area (TPSA) is 65.5 Å². The minimum absolute atomic E-state index is 0.0277. The van der Waals surface area contributed by atoms with Gasteiger partial charge in [0, 0.05) is 38.4 Å². The first-order chi connectivity index (χ1) is 11.2. The Labute approximate surface area is 136 Å². The molecule has 3 rings (SSSR count). The Hall–Kier alpha value is -2.11. The van der Waals surface area contributed by atoms with Crippen molar-refractivity contribution in [2.75, 3.05) is 31.1 Å². The maximum atomic E-state index is 12.3. The molecule has 0 aromatic carbocycles. The lowest BCUT2D eigenvalue weighted by Gasteiger charge is -2.35. The fourth-order valence-electron chi connectivity index (χ4n) is 3.32. The molecular formula is C17H24N4O2. The lowest BCUT2D eigenvalue weighted by molar-refractivity contribution is -0.136. The van der Waals surface area contributed by atoms with Crippen LogP contribution in [0.1, 0.15) is 32.1 Å². The number of nitrogens with one attached hydrogen (secondary N) is 1. The standard InChI is InChI=1S/C17H24N4O2/c22-16(19-14-5-1-2-6-14)13-17(23)21-11-9-20(10-12-21)15-7-3-4-8-18-15/h3-4,7-8,14H,1-2,5-6,9-13H2,(H,19,22). The number of anilines is 1. The molecule has 0 bridgehead atoms. The normalized spacial score (nSPS) is 19.0. The zero-order chi connectivity index (χ0) is 16.1. The van der Waals surface area contributed by atoms with Gasteiger partial charge in [-0.3, -0.25) is 9.59 Å². The van der Waals surface area contributed by atoms with Crippen molar-refractivity contribution in [1.82, 2.24) is 15.2 Å². The second kappa shape index (κ2) is 7.44. The van der Waals surface area contributed by atoms with Crippen molar-refractivity contribution >= 4 is 17.6 Å². The van der Waals surface area contributed by atoms with Crippen molar-refractivity contribution in [2.45, 2.75) is 38.1 Å². The SMILES string of the molecule is O=C(CC(=O)N1CCN(c2ccccn2)CC1)NC1CCCC1. The van der Waals surface area contributed by atoms with E-state index in [0.29, 0.717) is 13.1 Å². The first kappa shape index (κ1) is 15.8. The average Bonchev–Trinajstić information content (AvgIpc) is 3.08. The van der Waals surface area contributed by atoms with E-state index in [0.717, 1.165) is 31.7 Å². The van der Waals surface area contributed by atoms with Crippen molar-refractivity contribution in [3.8, 4) is 0 Å². The van der Waals surface area contributed by atoms with Crippen LogP contribution in [0, 0.1) is 0 Å². The van der Waals surface area contributed by atoms with Gasteiger partial charge in [-0.1, -0.05) is 18.9 Å². The molecule has 2 amide bonds. The highest BCUT2D eigenvalue weighted by Crippen LogP contribution is 2.18. The number of aromatic nitrogens is 1. The summed E-state index contributed by atoms with van der Waals surface area (Å²) < 4.78 is 0. The van der Waals surface area contributed by atoms with Gasteiger partial charge in [-0.05, 0) is 25.0 Å². The Morgan fingerprint density at radius 2 is 1.87 bits per heavy atom. The minimum atomic E-state index is -0.131. The van der Waals surface area contributed by atoms with E-state index >= 15 is 0 Å². The van der Waals surface area contributed by atoms with Gasteiger partial charge < -0.3 is 15.1 Å². The average molecular weight is 316 g/mol. The summed E-state index contributed by atoms with van der Waals surface area (Å²) in [5, 5.41) is 2.98. The maximum Gasteiger partial charge on any atom is 0.232 e. The predicted molar refractivity (Wildman–Crippen MR) is 88.0 cm³/mol. The van der Waals surface area contributed by atoms with E-state index in [-0.39, 0.29) is 24.3 Å². The Balaban J connectivity index is 1.43. The highest BCUT2D eigenvalue weighted by Gasteiger charge is 2.24. The lowest BCUT2D eigenvalue weighted by atomic mass is 10.2. The number of piperazine rings is 1. The van der Waals surface area contributed by atoms with Crippen molar-refractivity contribution in [3.63, 3.8) is 0 Å². The molecule has 1 N–H and O–H groups in total. The van der Waals surface area contributed by atoms with E-state index < -0.39 is 0 Å². The third-order valence-electron chi connectivity index (χ3n) is 4.64. The van der Waals surface area contributed by atoms with Gasteiger partial charge >= 0.3 is 0 Å². The van der Waals surface area contributed by atoms with E-state index in [1.807, 2.05) is 18.2 Å². The van der Waals surface area contributed by atoms with Crippen LogP contribution in [0.3, 0.4) is 0 Å². The molecule has 1 saturated heterocycles. The third kappa shape index (κ3) is 4.21. The fraction of sp³-hybridized carbons (Fsp3) is 0.588. The first-order valence-corrected chi connectivity index (χ1v) is 8.45. The second-order valence-electron chi connectivity index (χ2n) is 6.28. The van der Waals surface area contributed by atoms with Gasteiger partial charge in [-0.2, -0.15) is 0 Å². The van der Waals surface area contributed by atoms with Crippen LogP contribution in [0.4, 0.5) is 5.82 Å². The highest BCUT2D eigenvalue weighted by atomic mass is 16.2. The number of rotatable bonds is 4. The molecule has 2 aliphatic rings. The van der Waals surface area contributed by atoms with E-state index in [9.17, 15) is 9.59 Å². The van der Waals surface area contributed by atoms with E-state index in [2.05, 4.69) is 15.2 Å². The van der Waals surface area contributed by atoms with Gasteiger partial charge in [0.05, 0.1) is 0 Å². The molecule has 0 spiro atoms. The minimum Gasteiger partial charge on any atom is -0.353 e. The van der Waals surface area contributed by atoms with Crippen LogP contribution in [-0.4, -0.2) is 53.9 Å². The Kier molecular flexibility index (Phi) is 5.10. The van der Waals surface area contributed by atoms with Gasteiger partial charge in [0.15, 0.2) is 0 Å². The monoisotopic (exact) mass is 316 g/mol. The summed E-state index contributed by atoms with van der Waals surface area (Å²) in [6.45, 7) is 2.80. The summed E-state index contributed by atoms with van der Waals surface area (Å²) in [6.07, 6.45) is 6.19. The van der Waals surface area contributed by atoms with Crippen LogP contribution in [-0.2, 0) is 9.59 Å². The molecule has 6 nitrogen and oxygen atoms in total. The molecule has 0 atom stereocenters. The summed E-state index contributed by atoms with van der Waals surface area (Å²) in [5.41, 5.74) is 0. The summed E-state index contributed by atoms with van der Waals surface area (Å²) in [5.74, 6) is 0.744. The molecule has 2 fully saturated rings. The van der Waals surface area contributed by atoms with Gasteiger partial charge in [0.2, 0.25) is 11.8 Å². The molecule has 1 aromatic rings. The summed E-state index contributed by atoms with van der Waals surface area (Å²) in [4.78, 5) is 32.5. The molecule has 2 heterocycles. The largest absolute Gasteiger partial charge is 0.353 e. The van der Waals surface area contributed by atoms with E-state index in [4.69, 9.17) is 0 Å². The number of nitrogens with zero attached hydrogens (tertiary/aromatic N) is 3. The Bertz CT molecular complexity index is 535. The van der Waals surface area contributed by atoms with Gasteiger partial charge in [0.25, 0.3) is 0 Å². The van der Waals surface area contributed by atoms with Crippen LogP contribution in [0.5, 0.6) is 0 Å².